The Bertz CT molecular complexity index is 591. The normalized spacial score (nSPS) is 17.9. The average molecular weight is 366 g/mol. The van der Waals surface area contributed by atoms with Gasteiger partial charge in [-0.05, 0) is 42.1 Å². The standard InChI is InChI=1S/C16H16BrNO2S/c17-13-3-5-14(6-4-13)18(10-15-2-1-9-21-15)16(19)12-7-8-20-11-12/h1-6,9,12H,7-8,10-11H2. The average Bonchev–Trinajstić information content (AvgIpc) is 3.18. The summed E-state index contributed by atoms with van der Waals surface area (Å²) < 4.78 is 6.38. The van der Waals surface area contributed by atoms with Crippen LogP contribution in [0.3, 0.4) is 0 Å². The van der Waals surface area contributed by atoms with Gasteiger partial charge in [-0.1, -0.05) is 22.0 Å². The number of hydrogen-bond acceptors (Lipinski definition) is 3. The molecule has 1 amide bonds. The topological polar surface area (TPSA) is 29.5 Å². The second-order valence-corrected chi connectivity index (χ2v) is 6.99. The molecule has 1 saturated heterocycles. The third-order valence-electron chi connectivity index (χ3n) is 3.58. The summed E-state index contributed by atoms with van der Waals surface area (Å²) in [5, 5.41) is 2.04. The quantitative estimate of drug-likeness (QED) is 0.816. The number of benzene rings is 1. The van der Waals surface area contributed by atoms with Crippen LogP contribution in [0, 0.1) is 5.92 Å². The lowest BCUT2D eigenvalue weighted by Crippen LogP contribution is -2.35. The molecule has 0 saturated carbocycles. The highest BCUT2D eigenvalue weighted by atomic mass is 79.9. The monoisotopic (exact) mass is 365 g/mol. The molecule has 3 rings (SSSR count). The Hall–Kier alpha value is -1.17. The maximum absolute atomic E-state index is 12.8. The molecule has 0 radical (unpaired) electrons. The van der Waals surface area contributed by atoms with Gasteiger partial charge in [-0.15, -0.1) is 11.3 Å². The molecule has 1 atom stereocenters. The van der Waals surface area contributed by atoms with Crippen LogP contribution in [0.5, 0.6) is 0 Å². The first-order chi connectivity index (χ1) is 10.2. The van der Waals surface area contributed by atoms with Gasteiger partial charge >= 0.3 is 0 Å². The molecule has 0 spiro atoms. The molecular weight excluding hydrogens is 350 g/mol. The van der Waals surface area contributed by atoms with E-state index in [0.717, 1.165) is 16.6 Å². The minimum absolute atomic E-state index is 0.0198. The fourth-order valence-corrected chi connectivity index (χ4v) is 3.38. The Morgan fingerprint density at radius 2 is 2.14 bits per heavy atom. The van der Waals surface area contributed by atoms with Gasteiger partial charge in [0, 0.05) is 21.6 Å². The first kappa shape index (κ1) is 14.8. The number of anilines is 1. The molecule has 1 aromatic heterocycles. The molecule has 0 aliphatic carbocycles. The zero-order valence-corrected chi connectivity index (χ0v) is 13.9. The van der Waals surface area contributed by atoms with Crippen molar-refractivity contribution in [2.24, 2.45) is 5.92 Å². The molecule has 2 aromatic rings. The van der Waals surface area contributed by atoms with Crippen molar-refractivity contribution < 1.29 is 9.53 Å². The van der Waals surface area contributed by atoms with Gasteiger partial charge < -0.3 is 9.64 Å². The minimum Gasteiger partial charge on any atom is -0.381 e. The summed E-state index contributed by atoms with van der Waals surface area (Å²) in [5.74, 6) is 0.136. The Labute approximate surface area is 136 Å². The first-order valence-electron chi connectivity index (χ1n) is 6.91. The predicted octanol–water partition coefficient (Wildman–Crippen LogP) is 4.08. The summed E-state index contributed by atoms with van der Waals surface area (Å²) in [7, 11) is 0. The zero-order valence-electron chi connectivity index (χ0n) is 11.5. The summed E-state index contributed by atoms with van der Waals surface area (Å²) in [6, 6.07) is 12.0. The van der Waals surface area contributed by atoms with Crippen molar-refractivity contribution in [3.63, 3.8) is 0 Å². The molecule has 1 unspecified atom stereocenters. The Morgan fingerprint density at radius 3 is 2.76 bits per heavy atom. The van der Waals surface area contributed by atoms with Gasteiger partial charge in [-0.25, -0.2) is 0 Å². The number of thiophene rings is 1. The maximum atomic E-state index is 12.8. The molecule has 3 nitrogen and oxygen atoms in total. The van der Waals surface area contributed by atoms with E-state index in [-0.39, 0.29) is 11.8 Å². The van der Waals surface area contributed by atoms with Gasteiger partial charge in [-0.3, -0.25) is 4.79 Å². The van der Waals surface area contributed by atoms with Crippen molar-refractivity contribution in [3.05, 3.63) is 51.1 Å². The van der Waals surface area contributed by atoms with Crippen LogP contribution >= 0.6 is 27.3 Å². The van der Waals surface area contributed by atoms with E-state index in [0.29, 0.717) is 19.8 Å². The van der Waals surface area contributed by atoms with E-state index >= 15 is 0 Å². The molecule has 0 bridgehead atoms. The van der Waals surface area contributed by atoms with Crippen LogP contribution in [0.4, 0.5) is 5.69 Å². The number of halogens is 1. The summed E-state index contributed by atoms with van der Waals surface area (Å²) in [6.45, 7) is 1.84. The Morgan fingerprint density at radius 1 is 1.33 bits per heavy atom. The van der Waals surface area contributed by atoms with Crippen LogP contribution in [0.2, 0.25) is 0 Å². The first-order valence-corrected chi connectivity index (χ1v) is 8.58. The van der Waals surface area contributed by atoms with Crippen LogP contribution < -0.4 is 4.90 Å². The lowest BCUT2D eigenvalue weighted by molar-refractivity contribution is -0.122. The maximum Gasteiger partial charge on any atom is 0.232 e. The van der Waals surface area contributed by atoms with Gasteiger partial charge in [0.1, 0.15) is 0 Å². The number of ether oxygens (including phenoxy) is 1. The lowest BCUT2D eigenvalue weighted by Gasteiger charge is -2.25. The zero-order chi connectivity index (χ0) is 14.7. The highest BCUT2D eigenvalue weighted by Gasteiger charge is 2.29. The highest BCUT2D eigenvalue weighted by molar-refractivity contribution is 9.10. The molecular formula is C16H16BrNO2S. The van der Waals surface area contributed by atoms with Crippen molar-refractivity contribution in [2.75, 3.05) is 18.1 Å². The van der Waals surface area contributed by atoms with E-state index < -0.39 is 0 Å². The molecule has 1 aliphatic rings. The van der Waals surface area contributed by atoms with Gasteiger partial charge in [-0.2, -0.15) is 0 Å². The second kappa shape index (κ2) is 6.73. The molecule has 2 heterocycles. The number of nitrogens with zero attached hydrogens (tertiary/aromatic N) is 1. The lowest BCUT2D eigenvalue weighted by atomic mass is 10.1. The molecule has 1 aromatic carbocycles. The van der Waals surface area contributed by atoms with Crippen molar-refractivity contribution >= 4 is 38.9 Å². The Balaban J connectivity index is 1.86. The van der Waals surface area contributed by atoms with E-state index in [9.17, 15) is 4.79 Å². The molecule has 0 N–H and O–H groups in total. The van der Waals surface area contributed by atoms with Crippen LogP contribution in [0.15, 0.2) is 46.3 Å². The van der Waals surface area contributed by atoms with Crippen LogP contribution in [-0.2, 0) is 16.1 Å². The van der Waals surface area contributed by atoms with E-state index in [1.165, 1.54) is 4.88 Å². The minimum atomic E-state index is -0.0198. The molecule has 1 aliphatic heterocycles. The molecule has 110 valence electrons. The van der Waals surface area contributed by atoms with Crippen molar-refractivity contribution in [3.8, 4) is 0 Å². The molecule has 1 fully saturated rings. The second-order valence-electron chi connectivity index (χ2n) is 5.04. The fraction of sp³-hybridized carbons (Fsp3) is 0.312. The third-order valence-corrected chi connectivity index (χ3v) is 4.97. The van der Waals surface area contributed by atoms with E-state index in [4.69, 9.17) is 4.74 Å². The largest absolute Gasteiger partial charge is 0.381 e. The number of amides is 1. The predicted molar refractivity (Wildman–Crippen MR) is 88.6 cm³/mol. The number of rotatable bonds is 4. The molecule has 5 heteroatoms. The van der Waals surface area contributed by atoms with Gasteiger partial charge in [0.2, 0.25) is 5.91 Å². The summed E-state index contributed by atoms with van der Waals surface area (Å²) >= 11 is 5.11. The van der Waals surface area contributed by atoms with Gasteiger partial charge in [0.05, 0.1) is 19.1 Å². The van der Waals surface area contributed by atoms with Crippen LogP contribution in [0.1, 0.15) is 11.3 Å². The summed E-state index contributed by atoms with van der Waals surface area (Å²) in [4.78, 5) is 15.9. The van der Waals surface area contributed by atoms with Gasteiger partial charge in [0.25, 0.3) is 0 Å². The summed E-state index contributed by atoms with van der Waals surface area (Å²) in [5.41, 5.74) is 0.934. The van der Waals surface area contributed by atoms with Crippen molar-refractivity contribution in [1.82, 2.24) is 0 Å². The summed E-state index contributed by atoms with van der Waals surface area (Å²) in [6.07, 6.45) is 0.816. The molecule has 21 heavy (non-hydrogen) atoms. The number of hydrogen-bond donors (Lipinski definition) is 0. The highest BCUT2D eigenvalue weighted by Crippen LogP contribution is 2.26. The van der Waals surface area contributed by atoms with Crippen LogP contribution in [-0.4, -0.2) is 19.1 Å². The van der Waals surface area contributed by atoms with E-state index in [1.807, 2.05) is 40.6 Å². The van der Waals surface area contributed by atoms with Crippen molar-refractivity contribution in [1.29, 1.82) is 0 Å². The Kier molecular flexibility index (Phi) is 4.73. The number of carbonyl (C=O) groups excluding carboxylic acids is 1. The van der Waals surface area contributed by atoms with Gasteiger partial charge in [0.15, 0.2) is 0 Å². The van der Waals surface area contributed by atoms with E-state index in [1.54, 1.807) is 11.3 Å². The third kappa shape index (κ3) is 3.54. The SMILES string of the molecule is O=C(C1CCOC1)N(Cc1cccs1)c1ccc(Br)cc1. The van der Waals surface area contributed by atoms with Crippen molar-refractivity contribution in [2.45, 2.75) is 13.0 Å². The van der Waals surface area contributed by atoms with E-state index in [2.05, 4.69) is 22.0 Å². The number of carbonyl (C=O) groups is 1. The van der Waals surface area contributed by atoms with Crippen LogP contribution in [0.25, 0.3) is 0 Å². The fourth-order valence-electron chi connectivity index (χ4n) is 2.43. The smallest absolute Gasteiger partial charge is 0.232 e.